The Hall–Kier alpha value is -2.97. The molecule has 0 radical (unpaired) electrons. The number of rotatable bonds is 6. The van der Waals surface area contributed by atoms with E-state index in [1.807, 2.05) is 0 Å². The molecule has 1 aromatic heterocycles. The number of carbonyl (C=O) groups excluding carboxylic acids is 2. The van der Waals surface area contributed by atoms with E-state index < -0.39 is 12.5 Å². The monoisotopic (exact) mass is 422 g/mol. The standard InChI is InChI=1S/C19H13ClF2N2O3S/c20-13-10-11(7-8-15(13)27-19(21)22)23-17(25)12-4-1-2-5-14(12)24-18(26)16-6-3-9-28-16/h1-10,19H,(H,23,25)(H,24,26). The SMILES string of the molecule is O=C(Nc1ccccc1C(=O)Nc1ccc(OC(F)F)c(Cl)c1)c1cccs1. The maximum atomic E-state index is 12.6. The molecule has 2 N–H and O–H groups in total. The predicted octanol–water partition coefficient (Wildman–Crippen LogP) is 5.51. The van der Waals surface area contributed by atoms with Crippen molar-refractivity contribution < 1.29 is 23.1 Å². The van der Waals surface area contributed by atoms with Crippen LogP contribution in [0.4, 0.5) is 20.2 Å². The van der Waals surface area contributed by atoms with Gasteiger partial charge in [0.25, 0.3) is 11.8 Å². The van der Waals surface area contributed by atoms with Crippen LogP contribution in [0.3, 0.4) is 0 Å². The lowest BCUT2D eigenvalue weighted by Crippen LogP contribution is -2.17. The number of ether oxygens (including phenoxy) is 1. The van der Waals surface area contributed by atoms with Crippen molar-refractivity contribution in [2.45, 2.75) is 6.61 Å². The molecule has 144 valence electrons. The van der Waals surface area contributed by atoms with E-state index in [1.165, 1.54) is 29.5 Å². The largest absolute Gasteiger partial charge is 0.433 e. The minimum absolute atomic E-state index is 0.0719. The number of para-hydroxylation sites is 1. The lowest BCUT2D eigenvalue weighted by molar-refractivity contribution is -0.0497. The number of halogens is 3. The average molecular weight is 423 g/mol. The molecule has 2 amide bonds. The second-order valence-electron chi connectivity index (χ2n) is 5.45. The molecule has 0 spiro atoms. The van der Waals surface area contributed by atoms with E-state index in [4.69, 9.17) is 11.6 Å². The number of hydrogen-bond acceptors (Lipinski definition) is 4. The highest BCUT2D eigenvalue weighted by Crippen LogP contribution is 2.29. The van der Waals surface area contributed by atoms with Crippen molar-refractivity contribution in [1.29, 1.82) is 0 Å². The molecular weight excluding hydrogens is 410 g/mol. The molecule has 0 unspecified atom stereocenters. The Labute approximate surface area is 167 Å². The molecule has 1 heterocycles. The van der Waals surface area contributed by atoms with Gasteiger partial charge in [-0.3, -0.25) is 9.59 Å². The molecule has 9 heteroatoms. The Kier molecular flexibility index (Phi) is 6.23. The predicted molar refractivity (Wildman–Crippen MR) is 105 cm³/mol. The number of anilines is 2. The van der Waals surface area contributed by atoms with Crippen molar-refractivity contribution in [3.63, 3.8) is 0 Å². The summed E-state index contributed by atoms with van der Waals surface area (Å²) in [6.45, 7) is -3.00. The lowest BCUT2D eigenvalue weighted by Gasteiger charge is -2.12. The molecule has 0 aliphatic heterocycles. The average Bonchev–Trinajstić information content (AvgIpc) is 3.19. The van der Waals surface area contributed by atoms with Crippen LogP contribution >= 0.6 is 22.9 Å². The molecule has 0 atom stereocenters. The molecule has 0 saturated carbocycles. The van der Waals surface area contributed by atoms with Gasteiger partial charge in [0, 0.05) is 5.69 Å². The van der Waals surface area contributed by atoms with Crippen LogP contribution in [0.15, 0.2) is 60.0 Å². The fraction of sp³-hybridized carbons (Fsp3) is 0.0526. The van der Waals surface area contributed by atoms with Crippen molar-refractivity contribution in [1.82, 2.24) is 0 Å². The summed E-state index contributed by atoms with van der Waals surface area (Å²) in [6.07, 6.45) is 0. The van der Waals surface area contributed by atoms with Gasteiger partial charge in [-0.15, -0.1) is 11.3 Å². The number of alkyl halides is 2. The highest BCUT2D eigenvalue weighted by Gasteiger charge is 2.16. The van der Waals surface area contributed by atoms with E-state index in [2.05, 4.69) is 15.4 Å². The summed E-state index contributed by atoms with van der Waals surface area (Å²) in [6, 6.07) is 13.8. The Balaban J connectivity index is 1.76. The van der Waals surface area contributed by atoms with Gasteiger partial charge in [-0.25, -0.2) is 0 Å². The Morgan fingerprint density at radius 3 is 2.46 bits per heavy atom. The molecular formula is C19H13ClF2N2O3S. The smallest absolute Gasteiger partial charge is 0.387 e. The van der Waals surface area contributed by atoms with Gasteiger partial charge in [-0.1, -0.05) is 29.8 Å². The van der Waals surface area contributed by atoms with Crippen molar-refractivity contribution in [3.05, 3.63) is 75.4 Å². The van der Waals surface area contributed by atoms with Gasteiger partial charge in [0.05, 0.1) is 21.2 Å². The zero-order valence-electron chi connectivity index (χ0n) is 14.1. The van der Waals surface area contributed by atoms with Crippen LogP contribution in [0.5, 0.6) is 5.75 Å². The molecule has 0 bridgehead atoms. The van der Waals surface area contributed by atoms with Crippen LogP contribution in [-0.2, 0) is 0 Å². The summed E-state index contributed by atoms with van der Waals surface area (Å²) in [5.74, 6) is -1.02. The van der Waals surface area contributed by atoms with Crippen LogP contribution in [-0.4, -0.2) is 18.4 Å². The number of nitrogens with one attached hydrogen (secondary N) is 2. The highest BCUT2D eigenvalue weighted by atomic mass is 35.5. The van der Waals surface area contributed by atoms with Crippen molar-refractivity contribution in [3.8, 4) is 5.75 Å². The quantitative estimate of drug-likeness (QED) is 0.550. The minimum atomic E-state index is -3.00. The first kappa shape index (κ1) is 19.8. The van der Waals surface area contributed by atoms with Crippen LogP contribution in [0.25, 0.3) is 0 Å². The second kappa shape index (κ2) is 8.81. The van der Waals surface area contributed by atoms with E-state index in [0.29, 0.717) is 10.6 Å². The molecule has 0 aliphatic rings. The number of benzene rings is 2. The summed E-state index contributed by atoms with van der Waals surface area (Å²) in [5.41, 5.74) is 0.856. The zero-order valence-corrected chi connectivity index (χ0v) is 15.7. The minimum Gasteiger partial charge on any atom is -0.433 e. The third-order valence-electron chi connectivity index (χ3n) is 3.57. The lowest BCUT2D eigenvalue weighted by atomic mass is 10.1. The fourth-order valence-corrected chi connectivity index (χ4v) is 3.19. The number of thiophene rings is 1. The third kappa shape index (κ3) is 4.85. The summed E-state index contributed by atoms with van der Waals surface area (Å²) in [4.78, 5) is 25.4. The van der Waals surface area contributed by atoms with Gasteiger partial charge in [-0.2, -0.15) is 8.78 Å². The Morgan fingerprint density at radius 2 is 1.79 bits per heavy atom. The van der Waals surface area contributed by atoms with Gasteiger partial charge in [-0.05, 0) is 41.8 Å². The van der Waals surface area contributed by atoms with Gasteiger partial charge < -0.3 is 15.4 Å². The van der Waals surface area contributed by atoms with Crippen molar-refractivity contribution in [2.24, 2.45) is 0 Å². The zero-order chi connectivity index (χ0) is 20.1. The first-order valence-electron chi connectivity index (χ1n) is 7.93. The highest BCUT2D eigenvalue weighted by molar-refractivity contribution is 7.12. The Morgan fingerprint density at radius 1 is 1.00 bits per heavy atom. The van der Waals surface area contributed by atoms with E-state index >= 15 is 0 Å². The molecule has 0 aliphatic carbocycles. The van der Waals surface area contributed by atoms with Crippen LogP contribution < -0.4 is 15.4 Å². The van der Waals surface area contributed by atoms with Crippen LogP contribution in [0, 0.1) is 0 Å². The molecule has 3 aromatic rings. The maximum absolute atomic E-state index is 12.6. The maximum Gasteiger partial charge on any atom is 0.387 e. The van der Waals surface area contributed by atoms with Gasteiger partial charge in [0.2, 0.25) is 0 Å². The first-order chi connectivity index (χ1) is 13.4. The first-order valence-corrected chi connectivity index (χ1v) is 9.19. The molecule has 3 rings (SSSR count). The van der Waals surface area contributed by atoms with Gasteiger partial charge in [0.1, 0.15) is 5.75 Å². The number of hydrogen-bond donors (Lipinski definition) is 2. The molecule has 2 aromatic carbocycles. The normalized spacial score (nSPS) is 10.6. The summed E-state index contributed by atoms with van der Waals surface area (Å²) < 4.78 is 28.9. The van der Waals surface area contributed by atoms with E-state index in [9.17, 15) is 18.4 Å². The molecule has 0 saturated heterocycles. The van der Waals surface area contributed by atoms with Gasteiger partial charge >= 0.3 is 6.61 Å². The summed E-state index contributed by atoms with van der Waals surface area (Å²) in [5, 5.41) is 7.02. The topological polar surface area (TPSA) is 67.4 Å². The number of amides is 2. The molecule has 28 heavy (non-hydrogen) atoms. The number of carbonyl (C=O) groups is 2. The molecule has 5 nitrogen and oxygen atoms in total. The van der Waals surface area contributed by atoms with Gasteiger partial charge in [0.15, 0.2) is 0 Å². The summed E-state index contributed by atoms with van der Waals surface area (Å²) in [7, 11) is 0. The van der Waals surface area contributed by atoms with E-state index in [0.717, 1.165) is 0 Å². The summed E-state index contributed by atoms with van der Waals surface area (Å²) >= 11 is 7.18. The third-order valence-corrected chi connectivity index (χ3v) is 4.73. The van der Waals surface area contributed by atoms with Crippen LogP contribution in [0.2, 0.25) is 5.02 Å². The Bertz CT molecular complexity index is 997. The van der Waals surface area contributed by atoms with E-state index in [1.54, 1.807) is 41.8 Å². The van der Waals surface area contributed by atoms with Crippen molar-refractivity contribution >= 4 is 46.1 Å². The second-order valence-corrected chi connectivity index (χ2v) is 6.81. The van der Waals surface area contributed by atoms with E-state index in [-0.39, 0.29) is 27.9 Å². The van der Waals surface area contributed by atoms with Crippen LogP contribution in [0.1, 0.15) is 20.0 Å². The molecule has 0 fully saturated rings. The van der Waals surface area contributed by atoms with Crippen molar-refractivity contribution in [2.75, 3.05) is 10.6 Å². The fourth-order valence-electron chi connectivity index (χ4n) is 2.35.